The van der Waals surface area contributed by atoms with E-state index >= 15 is 0 Å². The van der Waals surface area contributed by atoms with E-state index in [1.54, 1.807) is 0 Å². The Morgan fingerprint density at radius 3 is 1.38 bits per heavy atom. The third-order valence-corrected chi connectivity index (χ3v) is 1.29. The number of aliphatic hydroxyl groups is 1. The van der Waals surface area contributed by atoms with Gasteiger partial charge in [0.05, 0.1) is 12.8 Å². The van der Waals surface area contributed by atoms with Gasteiger partial charge in [0.1, 0.15) is 0 Å². The summed E-state index contributed by atoms with van der Waals surface area (Å²) < 4.78 is 0. The third kappa shape index (κ3) is 8.78. The van der Waals surface area contributed by atoms with Crippen LogP contribution in [0.25, 0.3) is 0 Å². The van der Waals surface area contributed by atoms with Crippen molar-refractivity contribution in [1.82, 2.24) is 0 Å². The molecule has 0 unspecified atom stereocenters. The molecule has 0 radical (unpaired) electrons. The summed E-state index contributed by atoms with van der Waals surface area (Å²) in [6.45, 7) is 3.50. The quantitative estimate of drug-likeness (QED) is 0.423. The monoisotopic (exact) mass is 259 g/mol. The Bertz CT molecular complexity index is 272. The van der Waals surface area contributed by atoms with E-state index in [0.29, 0.717) is 0 Å². The molecule has 0 aliphatic carbocycles. The molecular weight excluding hydrogens is 249 g/mol. The molecule has 86 valence electrons. The Kier molecular flexibility index (Phi) is 12.6. The summed E-state index contributed by atoms with van der Waals surface area (Å²) in [5, 5.41) is 40.3. The summed E-state index contributed by atoms with van der Waals surface area (Å²) >= 11 is 0. The first-order valence-corrected chi connectivity index (χ1v) is 3.43. The van der Waals surface area contributed by atoms with Gasteiger partial charge >= 0.3 is 69.3 Å². The summed E-state index contributed by atoms with van der Waals surface area (Å²) in [6.07, 6.45) is -2.29. The van der Waals surface area contributed by atoms with Crippen molar-refractivity contribution in [3.63, 3.8) is 0 Å². The molecule has 16 heavy (non-hydrogen) atoms. The number of aliphatic carboxylic acids is 3. The van der Waals surface area contributed by atoms with E-state index in [0.717, 1.165) is 0 Å². The van der Waals surface area contributed by atoms with E-state index in [1.165, 1.54) is 0 Å². The SMILES string of the molecule is C#N.O=C(O)CC(O)(CC(=O)O)C(=O)O.[KH]. The Hall–Kier alpha value is -0.504. The molecule has 0 rings (SSSR count). The first-order chi connectivity index (χ1) is 6.78. The van der Waals surface area contributed by atoms with Crippen molar-refractivity contribution in [3.8, 4) is 6.57 Å². The van der Waals surface area contributed by atoms with Crippen LogP contribution in [0.15, 0.2) is 0 Å². The second-order valence-electron chi connectivity index (χ2n) is 2.48. The fraction of sp³-hybridized carbons (Fsp3) is 0.429. The standard InChI is InChI=1S/C6H8O7.CHN.K.H/c7-3(8)1-6(13,5(11)12)2-4(9)10;1-2;;/h13H,1-2H2,(H,7,8)(H,9,10)(H,11,12);1H;;. The molecule has 0 aliphatic heterocycles. The molecule has 0 heterocycles. The van der Waals surface area contributed by atoms with Crippen molar-refractivity contribution in [2.24, 2.45) is 0 Å². The zero-order chi connectivity index (χ0) is 12.6. The number of carboxylic acid groups (broad SMARTS) is 3. The van der Waals surface area contributed by atoms with E-state index < -0.39 is 36.4 Å². The van der Waals surface area contributed by atoms with Crippen molar-refractivity contribution >= 4 is 69.3 Å². The van der Waals surface area contributed by atoms with Crippen LogP contribution in [0.2, 0.25) is 0 Å². The predicted octanol–water partition coefficient (Wildman–Crippen LogP) is -1.76. The van der Waals surface area contributed by atoms with Gasteiger partial charge in [-0.3, -0.25) is 9.59 Å². The number of hydrogen-bond donors (Lipinski definition) is 4. The number of carbonyl (C=O) groups is 3. The maximum absolute atomic E-state index is 10.3. The molecule has 0 aromatic carbocycles. The van der Waals surface area contributed by atoms with Gasteiger partial charge in [-0.25, -0.2) is 10.1 Å². The normalized spacial score (nSPS) is 8.94. The summed E-state index contributed by atoms with van der Waals surface area (Å²) in [5.74, 6) is -5.02. The van der Waals surface area contributed by atoms with Crippen LogP contribution in [0.5, 0.6) is 0 Å². The van der Waals surface area contributed by atoms with Gasteiger partial charge in [-0.15, -0.1) is 0 Å². The summed E-state index contributed by atoms with van der Waals surface area (Å²) in [4.78, 5) is 30.5. The van der Waals surface area contributed by atoms with Crippen LogP contribution in [-0.2, 0) is 14.4 Å². The molecule has 9 heteroatoms. The van der Waals surface area contributed by atoms with Crippen molar-refractivity contribution in [3.05, 3.63) is 0 Å². The zero-order valence-electron chi connectivity index (χ0n) is 7.45. The Labute approximate surface area is 133 Å². The van der Waals surface area contributed by atoms with E-state index in [9.17, 15) is 14.4 Å². The van der Waals surface area contributed by atoms with Gasteiger partial charge in [0.2, 0.25) is 0 Å². The third-order valence-electron chi connectivity index (χ3n) is 1.29. The van der Waals surface area contributed by atoms with E-state index in [1.807, 2.05) is 0 Å². The molecule has 0 amide bonds. The molecule has 0 aromatic rings. The van der Waals surface area contributed by atoms with Crippen LogP contribution in [0.4, 0.5) is 0 Å². The van der Waals surface area contributed by atoms with Gasteiger partial charge in [0, 0.05) is 6.57 Å². The molecule has 0 aromatic heterocycles. The van der Waals surface area contributed by atoms with Crippen molar-refractivity contribution < 1.29 is 34.8 Å². The number of rotatable bonds is 5. The van der Waals surface area contributed by atoms with Gasteiger partial charge in [-0.2, -0.15) is 0 Å². The van der Waals surface area contributed by atoms with Crippen molar-refractivity contribution in [2.75, 3.05) is 0 Å². The van der Waals surface area contributed by atoms with Crippen molar-refractivity contribution in [1.29, 1.82) is 5.26 Å². The summed E-state index contributed by atoms with van der Waals surface area (Å²) in [5.41, 5.74) is -2.74. The van der Waals surface area contributed by atoms with E-state index in [-0.39, 0.29) is 51.4 Å². The molecule has 0 spiro atoms. The van der Waals surface area contributed by atoms with Crippen LogP contribution in [0, 0.1) is 11.8 Å². The van der Waals surface area contributed by atoms with Gasteiger partial charge in [0.25, 0.3) is 0 Å². The average Bonchev–Trinajstić information content (AvgIpc) is 2.04. The number of nitriles is 1. The average molecular weight is 259 g/mol. The fourth-order valence-electron chi connectivity index (χ4n) is 0.714. The molecular formula is C7H10KNO7. The number of carboxylic acids is 3. The minimum absolute atomic E-state index is 0. The second-order valence-corrected chi connectivity index (χ2v) is 2.48. The first-order valence-electron chi connectivity index (χ1n) is 3.43. The molecule has 0 saturated heterocycles. The molecule has 0 fully saturated rings. The maximum atomic E-state index is 10.3. The molecule has 0 atom stereocenters. The molecule has 4 N–H and O–H groups in total. The topological polar surface area (TPSA) is 156 Å². The van der Waals surface area contributed by atoms with Gasteiger partial charge in [0.15, 0.2) is 5.60 Å². The van der Waals surface area contributed by atoms with Crippen LogP contribution in [-0.4, -0.2) is 95.3 Å². The number of nitrogens with zero attached hydrogens (tertiary/aromatic N) is 1. The zero-order valence-corrected chi connectivity index (χ0v) is 7.45. The Morgan fingerprint density at radius 1 is 1.00 bits per heavy atom. The Morgan fingerprint density at radius 2 is 1.25 bits per heavy atom. The molecule has 0 saturated carbocycles. The number of hydrogen-bond acceptors (Lipinski definition) is 5. The van der Waals surface area contributed by atoms with Gasteiger partial charge < -0.3 is 20.4 Å². The van der Waals surface area contributed by atoms with Crippen molar-refractivity contribution in [2.45, 2.75) is 18.4 Å². The fourth-order valence-corrected chi connectivity index (χ4v) is 0.714. The predicted molar refractivity (Wildman–Crippen MR) is 50.9 cm³/mol. The van der Waals surface area contributed by atoms with Crippen LogP contribution in [0.1, 0.15) is 12.8 Å². The van der Waals surface area contributed by atoms with Crippen LogP contribution < -0.4 is 0 Å². The first kappa shape index (κ1) is 20.9. The van der Waals surface area contributed by atoms with Gasteiger partial charge in [-0.1, -0.05) is 0 Å². The molecule has 0 aliphatic rings. The Balaban J connectivity index is -0.000000529. The van der Waals surface area contributed by atoms with Crippen LogP contribution >= 0.6 is 0 Å². The van der Waals surface area contributed by atoms with E-state index in [2.05, 4.69) is 6.57 Å². The summed E-state index contributed by atoms with van der Waals surface area (Å²) in [6, 6.07) is 0. The van der Waals surface area contributed by atoms with E-state index in [4.69, 9.17) is 25.7 Å². The second kappa shape index (κ2) is 9.70. The minimum atomic E-state index is -2.74. The molecule has 0 bridgehead atoms. The van der Waals surface area contributed by atoms with Crippen LogP contribution in [0.3, 0.4) is 0 Å². The summed E-state index contributed by atoms with van der Waals surface area (Å²) in [7, 11) is 0. The molecule has 8 nitrogen and oxygen atoms in total. The van der Waals surface area contributed by atoms with Gasteiger partial charge in [-0.05, 0) is 0 Å².